The molecule has 35 heavy (non-hydrogen) atoms. The first kappa shape index (κ1) is 24.7. The number of halogens is 1. The van der Waals surface area contributed by atoms with Gasteiger partial charge in [-0.3, -0.25) is 4.79 Å². The van der Waals surface area contributed by atoms with Crippen LogP contribution in [0.4, 0.5) is 0 Å². The van der Waals surface area contributed by atoms with E-state index in [0.717, 1.165) is 11.1 Å². The number of nitriles is 1. The van der Waals surface area contributed by atoms with Gasteiger partial charge in [0, 0.05) is 0 Å². The molecule has 3 aromatic carbocycles. The lowest BCUT2D eigenvalue weighted by Crippen LogP contribution is -2.47. The molecule has 6 nitrogen and oxygen atoms in total. The molecule has 180 valence electrons. The Morgan fingerprint density at radius 2 is 1.80 bits per heavy atom. The van der Waals surface area contributed by atoms with Crippen molar-refractivity contribution in [2.75, 3.05) is 13.7 Å². The third-order valence-corrected chi connectivity index (χ3v) is 6.71. The molecule has 0 fully saturated rings. The van der Waals surface area contributed by atoms with Crippen LogP contribution in [0.25, 0.3) is 11.1 Å². The first-order valence-corrected chi connectivity index (χ1v) is 11.7. The highest BCUT2D eigenvalue weighted by atomic mass is 35.5. The number of fused-ring (bicyclic) bond motifs is 3. The number of hydrogen-bond acceptors (Lipinski definition) is 5. The molecular formula is C28H27ClN2O4. The van der Waals surface area contributed by atoms with E-state index < -0.39 is 23.5 Å². The van der Waals surface area contributed by atoms with Crippen molar-refractivity contribution in [3.05, 3.63) is 88.4 Å². The van der Waals surface area contributed by atoms with Crippen LogP contribution in [0, 0.1) is 16.7 Å². The van der Waals surface area contributed by atoms with Gasteiger partial charge in [0.05, 0.1) is 42.5 Å². The van der Waals surface area contributed by atoms with Crippen molar-refractivity contribution in [2.24, 2.45) is 5.41 Å². The standard InChI is InChI=1S/C28H27ClN2O4/c1-17(2)35-16-28(15-30)25(31-27(33)22-10-6-7-11-24(22)29)23-14-18(34-3)12-13-20(23)19-8-4-5-9-21(19)26(28)32/h4-14,17,25-26,32H,16H2,1-3H3,(H,31,33)/t25-,26-,28-/m1/s1. The molecule has 2 N–H and O–H groups in total. The number of aliphatic hydroxyl groups is 1. The SMILES string of the molecule is COc1ccc2c(c1)[C@@H](NC(=O)c1ccccc1Cl)[C@@](C#N)(COC(C)C)[C@H](O)c1ccccc1-2. The largest absolute Gasteiger partial charge is 0.497 e. The van der Waals surface area contributed by atoms with Crippen LogP contribution in [-0.4, -0.2) is 30.8 Å². The summed E-state index contributed by atoms with van der Waals surface area (Å²) in [7, 11) is 1.55. The number of ether oxygens (including phenoxy) is 2. The van der Waals surface area contributed by atoms with Crippen LogP contribution >= 0.6 is 11.6 Å². The van der Waals surface area contributed by atoms with Gasteiger partial charge in [0.25, 0.3) is 5.91 Å². The number of benzene rings is 3. The summed E-state index contributed by atoms with van der Waals surface area (Å²) in [4.78, 5) is 13.5. The Balaban J connectivity index is 1.97. The summed E-state index contributed by atoms with van der Waals surface area (Å²) >= 11 is 6.31. The maximum absolute atomic E-state index is 13.5. The summed E-state index contributed by atoms with van der Waals surface area (Å²) in [5.41, 5.74) is 1.51. The third kappa shape index (κ3) is 4.51. The number of aliphatic hydroxyl groups excluding tert-OH is 1. The molecule has 7 heteroatoms. The van der Waals surface area contributed by atoms with E-state index in [0.29, 0.717) is 16.9 Å². The van der Waals surface area contributed by atoms with Crippen molar-refractivity contribution < 1.29 is 19.4 Å². The Labute approximate surface area is 210 Å². The minimum atomic E-state index is -1.55. The van der Waals surface area contributed by atoms with Crippen LogP contribution in [0.2, 0.25) is 5.02 Å². The van der Waals surface area contributed by atoms with Gasteiger partial charge in [0.2, 0.25) is 0 Å². The average Bonchev–Trinajstić information content (AvgIpc) is 2.95. The molecule has 3 aromatic rings. The van der Waals surface area contributed by atoms with Crippen molar-refractivity contribution in [1.82, 2.24) is 5.32 Å². The summed E-state index contributed by atoms with van der Waals surface area (Å²) < 4.78 is 11.4. The molecule has 0 aliphatic heterocycles. The fourth-order valence-electron chi connectivity index (χ4n) is 4.53. The van der Waals surface area contributed by atoms with E-state index in [1.807, 2.05) is 44.2 Å². The van der Waals surface area contributed by atoms with Gasteiger partial charge in [-0.1, -0.05) is 54.1 Å². The van der Waals surface area contributed by atoms with E-state index in [4.69, 9.17) is 21.1 Å². The maximum Gasteiger partial charge on any atom is 0.253 e. The second kappa shape index (κ2) is 10.1. The number of carbonyl (C=O) groups is 1. The number of hydrogen-bond donors (Lipinski definition) is 2. The van der Waals surface area contributed by atoms with Gasteiger partial charge in [0.15, 0.2) is 0 Å². The van der Waals surface area contributed by atoms with E-state index in [2.05, 4.69) is 11.4 Å². The minimum absolute atomic E-state index is 0.110. The lowest BCUT2D eigenvalue weighted by atomic mass is 9.73. The van der Waals surface area contributed by atoms with Crippen molar-refractivity contribution in [3.63, 3.8) is 0 Å². The van der Waals surface area contributed by atoms with Crippen molar-refractivity contribution in [3.8, 4) is 22.9 Å². The van der Waals surface area contributed by atoms with E-state index >= 15 is 0 Å². The van der Waals surface area contributed by atoms with Crippen LogP contribution in [0.3, 0.4) is 0 Å². The Morgan fingerprint density at radius 3 is 2.49 bits per heavy atom. The predicted octanol–water partition coefficient (Wildman–Crippen LogP) is 5.47. The van der Waals surface area contributed by atoms with Crippen molar-refractivity contribution in [2.45, 2.75) is 32.1 Å². The smallest absolute Gasteiger partial charge is 0.253 e. The molecule has 1 amide bonds. The zero-order valence-electron chi connectivity index (χ0n) is 19.8. The molecule has 0 spiro atoms. The first-order chi connectivity index (χ1) is 16.8. The van der Waals surface area contributed by atoms with E-state index in [-0.39, 0.29) is 23.3 Å². The molecule has 0 saturated carbocycles. The van der Waals surface area contributed by atoms with Crippen molar-refractivity contribution >= 4 is 17.5 Å². The van der Waals surface area contributed by atoms with Crippen LogP contribution < -0.4 is 10.1 Å². The molecule has 0 bridgehead atoms. The third-order valence-electron chi connectivity index (χ3n) is 6.38. The topological polar surface area (TPSA) is 91.6 Å². The van der Waals surface area contributed by atoms with Gasteiger partial charge in [-0.25, -0.2) is 0 Å². The molecule has 4 rings (SSSR count). The Kier molecular flexibility index (Phi) is 7.13. The number of nitrogens with zero attached hydrogens (tertiary/aromatic N) is 1. The zero-order chi connectivity index (χ0) is 25.2. The second-order valence-corrected chi connectivity index (χ2v) is 9.25. The van der Waals surface area contributed by atoms with E-state index in [1.54, 1.807) is 43.5 Å². The Hall–Kier alpha value is -3.37. The van der Waals surface area contributed by atoms with Gasteiger partial charge in [0.1, 0.15) is 17.3 Å². The summed E-state index contributed by atoms with van der Waals surface area (Å²) in [6, 6.07) is 21.0. The normalized spacial score (nSPS) is 20.8. The van der Waals surface area contributed by atoms with Gasteiger partial charge in [-0.2, -0.15) is 5.26 Å². The molecule has 0 unspecified atom stereocenters. The minimum Gasteiger partial charge on any atom is -0.497 e. The van der Waals surface area contributed by atoms with Crippen LogP contribution in [0.1, 0.15) is 47.5 Å². The molecular weight excluding hydrogens is 464 g/mol. The Morgan fingerprint density at radius 1 is 1.11 bits per heavy atom. The lowest BCUT2D eigenvalue weighted by Gasteiger charge is -2.38. The lowest BCUT2D eigenvalue weighted by molar-refractivity contribution is -0.0502. The Bertz CT molecular complexity index is 1290. The molecule has 0 radical (unpaired) electrons. The summed E-state index contributed by atoms with van der Waals surface area (Å²) in [6.45, 7) is 3.60. The molecule has 0 saturated heterocycles. The second-order valence-electron chi connectivity index (χ2n) is 8.84. The molecule has 0 aromatic heterocycles. The first-order valence-electron chi connectivity index (χ1n) is 11.4. The zero-order valence-corrected chi connectivity index (χ0v) is 20.5. The van der Waals surface area contributed by atoms with Crippen LogP contribution in [0.15, 0.2) is 66.7 Å². The monoisotopic (exact) mass is 490 g/mol. The fourth-order valence-corrected chi connectivity index (χ4v) is 4.75. The molecule has 3 atom stereocenters. The summed E-state index contributed by atoms with van der Waals surface area (Å²) in [5.74, 6) is 0.0999. The number of nitrogens with one attached hydrogen (secondary N) is 1. The van der Waals surface area contributed by atoms with Gasteiger partial charge < -0.3 is 19.9 Å². The van der Waals surface area contributed by atoms with E-state index in [1.165, 1.54) is 0 Å². The van der Waals surface area contributed by atoms with Gasteiger partial charge in [-0.15, -0.1) is 0 Å². The quantitative estimate of drug-likeness (QED) is 0.478. The number of methoxy groups -OCH3 is 1. The highest BCUT2D eigenvalue weighted by molar-refractivity contribution is 6.33. The van der Waals surface area contributed by atoms with Crippen LogP contribution in [0.5, 0.6) is 5.75 Å². The van der Waals surface area contributed by atoms with Gasteiger partial charge in [-0.05, 0) is 60.4 Å². The van der Waals surface area contributed by atoms with Gasteiger partial charge >= 0.3 is 0 Å². The highest BCUT2D eigenvalue weighted by Crippen LogP contribution is 2.52. The number of amides is 1. The predicted molar refractivity (Wildman–Crippen MR) is 134 cm³/mol. The highest BCUT2D eigenvalue weighted by Gasteiger charge is 2.52. The van der Waals surface area contributed by atoms with Crippen molar-refractivity contribution in [1.29, 1.82) is 5.26 Å². The average molecular weight is 491 g/mol. The molecule has 0 heterocycles. The number of rotatable bonds is 6. The maximum atomic E-state index is 13.5. The number of carbonyl (C=O) groups excluding carboxylic acids is 1. The van der Waals surface area contributed by atoms with Crippen LogP contribution in [-0.2, 0) is 4.74 Å². The summed E-state index contributed by atoms with van der Waals surface area (Å²) in [6.07, 6.45) is -1.45. The molecule has 1 aliphatic carbocycles. The van der Waals surface area contributed by atoms with E-state index in [9.17, 15) is 15.2 Å². The fraction of sp³-hybridized carbons (Fsp3) is 0.286. The summed E-state index contributed by atoms with van der Waals surface area (Å²) in [5, 5.41) is 25.7. The molecule has 1 aliphatic rings.